The van der Waals surface area contributed by atoms with Crippen LogP contribution < -0.4 is 4.74 Å². The maximum atomic E-state index is 10.9. The second kappa shape index (κ2) is 5.45. The van der Waals surface area contributed by atoms with Crippen LogP contribution in [-0.4, -0.2) is 23.4 Å². The van der Waals surface area contributed by atoms with E-state index in [0.717, 1.165) is 27.3 Å². The molecule has 1 unspecified atom stereocenters. The summed E-state index contributed by atoms with van der Waals surface area (Å²) in [7, 11) is 1.65. The van der Waals surface area contributed by atoms with E-state index in [1.54, 1.807) is 14.0 Å². The number of carboxylic acid groups (broad SMARTS) is 1. The molecule has 94 valence electrons. The number of thioether (sulfide) groups is 1. The minimum atomic E-state index is -0.790. The fourth-order valence-corrected chi connectivity index (χ4v) is 2.67. The lowest BCUT2D eigenvalue weighted by Gasteiger charge is -2.16. The summed E-state index contributed by atoms with van der Waals surface area (Å²) in [5, 5.41) is 8.51. The summed E-state index contributed by atoms with van der Waals surface area (Å²) in [5.41, 5.74) is 3.22. The van der Waals surface area contributed by atoms with Crippen LogP contribution in [0.2, 0.25) is 0 Å². The normalized spacial score (nSPS) is 12.3. The van der Waals surface area contributed by atoms with Crippen molar-refractivity contribution in [1.29, 1.82) is 0 Å². The number of benzene rings is 1. The molecule has 0 amide bonds. The molecule has 0 bridgehead atoms. The predicted molar refractivity (Wildman–Crippen MR) is 70.2 cm³/mol. The molecule has 4 heteroatoms. The molecule has 0 fully saturated rings. The van der Waals surface area contributed by atoms with Crippen LogP contribution in [0.15, 0.2) is 11.0 Å². The number of rotatable bonds is 4. The topological polar surface area (TPSA) is 46.5 Å². The van der Waals surface area contributed by atoms with Gasteiger partial charge in [0.1, 0.15) is 11.0 Å². The Morgan fingerprint density at radius 2 is 1.94 bits per heavy atom. The van der Waals surface area contributed by atoms with Gasteiger partial charge in [0.2, 0.25) is 0 Å². The molecular formula is C13H18O3S. The highest BCUT2D eigenvalue weighted by Gasteiger charge is 2.17. The van der Waals surface area contributed by atoms with Gasteiger partial charge < -0.3 is 9.84 Å². The van der Waals surface area contributed by atoms with E-state index in [1.807, 2.05) is 26.8 Å². The summed E-state index contributed by atoms with van der Waals surface area (Å²) in [6.07, 6.45) is 0. The van der Waals surface area contributed by atoms with Crippen molar-refractivity contribution in [2.45, 2.75) is 37.8 Å². The van der Waals surface area contributed by atoms with Crippen molar-refractivity contribution in [1.82, 2.24) is 0 Å². The Bertz CT molecular complexity index is 441. The molecule has 0 radical (unpaired) electrons. The van der Waals surface area contributed by atoms with Crippen molar-refractivity contribution in [2.75, 3.05) is 7.11 Å². The monoisotopic (exact) mass is 254 g/mol. The van der Waals surface area contributed by atoms with E-state index in [0.29, 0.717) is 0 Å². The van der Waals surface area contributed by atoms with Crippen molar-refractivity contribution in [2.24, 2.45) is 0 Å². The summed E-state index contributed by atoms with van der Waals surface area (Å²) >= 11 is 1.38. The van der Waals surface area contributed by atoms with E-state index in [4.69, 9.17) is 9.84 Å². The number of ether oxygens (including phenoxy) is 1. The minimum absolute atomic E-state index is 0.444. The van der Waals surface area contributed by atoms with Gasteiger partial charge in [-0.05, 0) is 50.5 Å². The summed E-state index contributed by atoms with van der Waals surface area (Å²) < 4.78 is 5.29. The molecular weight excluding hydrogens is 236 g/mol. The van der Waals surface area contributed by atoms with Crippen molar-refractivity contribution in [3.8, 4) is 5.75 Å². The number of hydrogen-bond acceptors (Lipinski definition) is 3. The minimum Gasteiger partial charge on any atom is -0.496 e. The zero-order chi connectivity index (χ0) is 13.2. The number of carboxylic acids is 1. The molecule has 0 aliphatic heterocycles. The molecule has 1 N–H and O–H groups in total. The number of hydrogen-bond donors (Lipinski definition) is 1. The first kappa shape index (κ1) is 13.9. The van der Waals surface area contributed by atoms with Crippen LogP contribution in [0, 0.1) is 20.8 Å². The van der Waals surface area contributed by atoms with Gasteiger partial charge >= 0.3 is 5.97 Å². The molecule has 0 aliphatic carbocycles. The lowest BCUT2D eigenvalue weighted by molar-refractivity contribution is -0.136. The Labute approximate surface area is 106 Å². The highest BCUT2D eigenvalue weighted by atomic mass is 32.2. The fourth-order valence-electron chi connectivity index (χ4n) is 1.64. The maximum Gasteiger partial charge on any atom is 0.316 e. The van der Waals surface area contributed by atoms with E-state index < -0.39 is 11.2 Å². The van der Waals surface area contributed by atoms with Crippen LogP contribution in [0.1, 0.15) is 23.6 Å². The summed E-state index contributed by atoms with van der Waals surface area (Å²) in [6, 6.07) is 1.96. The highest BCUT2D eigenvalue weighted by Crippen LogP contribution is 2.35. The molecule has 1 rings (SSSR count). The van der Waals surface area contributed by atoms with Crippen LogP contribution in [0.25, 0.3) is 0 Å². The third-order valence-electron chi connectivity index (χ3n) is 2.84. The van der Waals surface area contributed by atoms with Crippen molar-refractivity contribution < 1.29 is 14.6 Å². The van der Waals surface area contributed by atoms with Gasteiger partial charge in [-0.3, -0.25) is 4.79 Å². The first-order valence-electron chi connectivity index (χ1n) is 5.42. The molecule has 1 aromatic rings. The third-order valence-corrected chi connectivity index (χ3v) is 4.26. The van der Waals surface area contributed by atoms with Gasteiger partial charge in [0.15, 0.2) is 0 Å². The zero-order valence-corrected chi connectivity index (χ0v) is 11.6. The zero-order valence-electron chi connectivity index (χ0n) is 10.8. The van der Waals surface area contributed by atoms with Crippen LogP contribution in [0.4, 0.5) is 0 Å². The molecule has 3 nitrogen and oxygen atoms in total. The van der Waals surface area contributed by atoms with Crippen molar-refractivity contribution in [3.63, 3.8) is 0 Å². The lowest BCUT2D eigenvalue weighted by Crippen LogP contribution is -2.12. The highest BCUT2D eigenvalue weighted by molar-refractivity contribution is 8.00. The summed E-state index contributed by atoms with van der Waals surface area (Å²) in [6.45, 7) is 7.67. The second-order valence-corrected chi connectivity index (χ2v) is 5.42. The molecule has 0 aromatic heterocycles. The molecule has 1 aromatic carbocycles. The predicted octanol–water partition coefficient (Wildman–Crippen LogP) is 3.19. The van der Waals surface area contributed by atoms with Gasteiger partial charge in [-0.25, -0.2) is 0 Å². The van der Waals surface area contributed by atoms with Gasteiger partial charge in [-0.1, -0.05) is 0 Å². The van der Waals surface area contributed by atoms with Gasteiger partial charge in [-0.15, -0.1) is 11.8 Å². The smallest absolute Gasteiger partial charge is 0.316 e. The molecule has 0 aliphatic rings. The average molecular weight is 254 g/mol. The standard InChI is InChI=1S/C13H18O3S/c1-7-6-11(16-5)8(2)9(3)12(7)17-10(4)13(14)15/h6,10H,1-5H3,(H,14,15). The Morgan fingerprint density at radius 3 is 2.41 bits per heavy atom. The average Bonchev–Trinajstić information content (AvgIpc) is 2.28. The van der Waals surface area contributed by atoms with E-state index >= 15 is 0 Å². The van der Waals surface area contributed by atoms with Crippen LogP contribution in [0.3, 0.4) is 0 Å². The number of methoxy groups -OCH3 is 1. The molecule has 17 heavy (non-hydrogen) atoms. The SMILES string of the molecule is COc1cc(C)c(SC(C)C(=O)O)c(C)c1C. The molecule has 1 atom stereocenters. The van der Waals surface area contributed by atoms with Crippen molar-refractivity contribution in [3.05, 3.63) is 22.8 Å². The van der Waals surface area contributed by atoms with Gasteiger partial charge in [0.05, 0.1) is 7.11 Å². The van der Waals surface area contributed by atoms with Gasteiger partial charge in [0, 0.05) is 4.90 Å². The maximum absolute atomic E-state index is 10.9. The molecule has 0 spiro atoms. The molecule has 0 heterocycles. The molecule has 0 saturated carbocycles. The van der Waals surface area contributed by atoms with E-state index in [9.17, 15) is 4.79 Å². The Balaban J connectivity index is 3.17. The number of aliphatic carboxylic acids is 1. The first-order chi connectivity index (χ1) is 7.88. The van der Waals surface area contributed by atoms with Crippen LogP contribution in [0.5, 0.6) is 5.75 Å². The largest absolute Gasteiger partial charge is 0.496 e. The van der Waals surface area contributed by atoms with E-state index in [2.05, 4.69) is 0 Å². The van der Waals surface area contributed by atoms with E-state index in [-0.39, 0.29) is 0 Å². The summed E-state index contributed by atoms with van der Waals surface area (Å²) in [5.74, 6) is 0.0644. The van der Waals surface area contributed by atoms with Crippen molar-refractivity contribution >= 4 is 17.7 Å². The third kappa shape index (κ3) is 2.94. The van der Waals surface area contributed by atoms with Crippen LogP contribution in [-0.2, 0) is 4.79 Å². The Morgan fingerprint density at radius 1 is 1.35 bits per heavy atom. The second-order valence-electron chi connectivity index (χ2n) is 4.07. The number of aryl methyl sites for hydroxylation is 1. The molecule has 0 saturated heterocycles. The van der Waals surface area contributed by atoms with Gasteiger partial charge in [0.25, 0.3) is 0 Å². The lowest BCUT2D eigenvalue weighted by atomic mass is 10.1. The van der Waals surface area contributed by atoms with Gasteiger partial charge in [-0.2, -0.15) is 0 Å². The summed E-state index contributed by atoms with van der Waals surface area (Å²) in [4.78, 5) is 11.9. The fraction of sp³-hybridized carbons (Fsp3) is 0.462. The quantitative estimate of drug-likeness (QED) is 0.838. The Hall–Kier alpha value is -1.16. The first-order valence-corrected chi connectivity index (χ1v) is 6.30. The van der Waals surface area contributed by atoms with Crippen LogP contribution >= 0.6 is 11.8 Å². The Kier molecular flexibility index (Phi) is 4.46. The number of carbonyl (C=O) groups is 1. The van der Waals surface area contributed by atoms with E-state index in [1.165, 1.54) is 11.8 Å².